The van der Waals surface area contributed by atoms with Crippen molar-refractivity contribution >= 4 is 23.6 Å². The Hall–Kier alpha value is -2.17. The number of nitrogens with one attached hydrogen (secondary N) is 1. The smallest absolute Gasteiger partial charge is 0.244 e. The molecule has 5 heteroatoms. The Kier molecular flexibility index (Phi) is 6.53. The summed E-state index contributed by atoms with van der Waals surface area (Å²) in [5.74, 6) is -0.695. The van der Waals surface area contributed by atoms with Crippen LogP contribution in [0.1, 0.15) is 17.2 Å². The second kappa shape index (κ2) is 8.62. The van der Waals surface area contributed by atoms with E-state index in [0.717, 1.165) is 5.56 Å². The Labute approximate surface area is 146 Å². The van der Waals surface area contributed by atoms with E-state index in [1.54, 1.807) is 12.1 Å². The zero-order chi connectivity index (χ0) is 17.5. The Bertz CT molecular complexity index is 717. The first-order chi connectivity index (χ1) is 11.5. The molecular weight excluding hydrogens is 327 g/mol. The van der Waals surface area contributed by atoms with Crippen molar-refractivity contribution in [3.05, 3.63) is 76.6 Å². The van der Waals surface area contributed by atoms with Gasteiger partial charge < -0.3 is 10.2 Å². The summed E-state index contributed by atoms with van der Waals surface area (Å²) in [6.45, 7) is 0.686. The monoisotopic (exact) mass is 346 g/mol. The second-order valence-corrected chi connectivity index (χ2v) is 6.15. The van der Waals surface area contributed by atoms with Crippen molar-refractivity contribution < 1.29 is 9.18 Å². The molecule has 0 aliphatic heterocycles. The maximum Gasteiger partial charge on any atom is 0.244 e. The van der Waals surface area contributed by atoms with E-state index in [0.29, 0.717) is 12.1 Å². The summed E-state index contributed by atoms with van der Waals surface area (Å²) in [4.78, 5) is 14.2. The molecule has 2 rings (SSSR count). The van der Waals surface area contributed by atoms with Gasteiger partial charge in [0.2, 0.25) is 5.91 Å². The highest BCUT2D eigenvalue weighted by Crippen LogP contribution is 2.17. The van der Waals surface area contributed by atoms with E-state index < -0.39 is 5.82 Å². The summed E-state index contributed by atoms with van der Waals surface area (Å²) in [5, 5.41) is 3.02. The SMILES string of the molecule is CN(C)C[C@H](NC(=O)/C=C/c1ccc(F)c(Cl)c1)c1ccccc1. The largest absolute Gasteiger partial charge is 0.344 e. The topological polar surface area (TPSA) is 32.3 Å². The summed E-state index contributed by atoms with van der Waals surface area (Å²) < 4.78 is 13.1. The molecule has 3 nitrogen and oxygen atoms in total. The molecule has 1 atom stereocenters. The summed E-state index contributed by atoms with van der Waals surface area (Å²) in [6.07, 6.45) is 3.04. The molecule has 0 unspecified atom stereocenters. The van der Waals surface area contributed by atoms with Gasteiger partial charge in [0.15, 0.2) is 0 Å². The highest BCUT2D eigenvalue weighted by molar-refractivity contribution is 6.30. The summed E-state index contributed by atoms with van der Waals surface area (Å²) in [5.41, 5.74) is 1.71. The first kappa shape index (κ1) is 18.2. The minimum absolute atomic E-state index is 0.0346. The molecule has 0 saturated heterocycles. The zero-order valence-electron chi connectivity index (χ0n) is 13.7. The van der Waals surface area contributed by atoms with Gasteiger partial charge in [0.05, 0.1) is 11.1 Å². The number of rotatable bonds is 6. The van der Waals surface area contributed by atoms with E-state index in [2.05, 4.69) is 5.32 Å². The fourth-order valence-corrected chi connectivity index (χ4v) is 2.48. The van der Waals surface area contributed by atoms with Crippen molar-refractivity contribution in [3.63, 3.8) is 0 Å². The van der Waals surface area contributed by atoms with Gasteiger partial charge in [0.25, 0.3) is 0 Å². The number of hydrogen-bond donors (Lipinski definition) is 1. The number of likely N-dealkylation sites (N-methyl/N-ethyl adjacent to an activating group) is 1. The second-order valence-electron chi connectivity index (χ2n) is 5.74. The van der Waals surface area contributed by atoms with E-state index in [1.165, 1.54) is 18.2 Å². The number of halogens is 2. The van der Waals surface area contributed by atoms with E-state index >= 15 is 0 Å². The van der Waals surface area contributed by atoms with Crippen LogP contribution in [-0.2, 0) is 4.79 Å². The summed E-state index contributed by atoms with van der Waals surface area (Å²) >= 11 is 5.74. The molecule has 0 fully saturated rings. The Morgan fingerprint density at radius 1 is 1.25 bits per heavy atom. The van der Waals surface area contributed by atoms with Gasteiger partial charge in [0, 0.05) is 12.6 Å². The predicted octanol–water partition coefficient (Wildman–Crippen LogP) is 3.91. The number of benzene rings is 2. The van der Waals surface area contributed by atoms with E-state index in [1.807, 2.05) is 49.3 Å². The number of amides is 1. The molecule has 2 aromatic rings. The van der Waals surface area contributed by atoms with Crippen LogP contribution in [-0.4, -0.2) is 31.4 Å². The minimum atomic E-state index is -0.478. The molecule has 2 aromatic carbocycles. The first-order valence-electron chi connectivity index (χ1n) is 7.59. The molecule has 0 spiro atoms. The van der Waals surface area contributed by atoms with Crippen LogP contribution in [0, 0.1) is 5.82 Å². The van der Waals surface area contributed by atoms with Crippen molar-refractivity contribution in [2.75, 3.05) is 20.6 Å². The van der Waals surface area contributed by atoms with Gasteiger partial charge in [0.1, 0.15) is 5.82 Å². The van der Waals surface area contributed by atoms with Gasteiger partial charge >= 0.3 is 0 Å². The maximum absolute atomic E-state index is 13.1. The normalized spacial score (nSPS) is 12.5. The van der Waals surface area contributed by atoms with Gasteiger partial charge in [-0.1, -0.05) is 48.0 Å². The molecule has 0 aliphatic rings. The Morgan fingerprint density at radius 3 is 2.58 bits per heavy atom. The lowest BCUT2D eigenvalue weighted by Gasteiger charge is -2.22. The van der Waals surface area contributed by atoms with E-state index in [9.17, 15) is 9.18 Å². The quantitative estimate of drug-likeness (QED) is 0.804. The predicted molar refractivity (Wildman–Crippen MR) is 96.3 cm³/mol. The minimum Gasteiger partial charge on any atom is -0.344 e. The lowest BCUT2D eigenvalue weighted by Crippen LogP contribution is -2.34. The maximum atomic E-state index is 13.1. The van der Waals surface area contributed by atoms with Crippen molar-refractivity contribution in [1.82, 2.24) is 10.2 Å². The molecule has 0 saturated carbocycles. The molecule has 0 radical (unpaired) electrons. The molecular formula is C19H20ClFN2O. The average molecular weight is 347 g/mol. The van der Waals surface area contributed by atoms with E-state index in [4.69, 9.17) is 11.6 Å². The molecule has 1 N–H and O–H groups in total. The highest BCUT2D eigenvalue weighted by atomic mass is 35.5. The lowest BCUT2D eigenvalue weighted by molar-refractivity contribution is -0.117. The van der Waals surface area contributed by atoms with Crippen LogP contribution < -0.4 is 5.32 Å². The van der Waals surface area contributed by atoms with Gasteiger partial charge in [-0.3, -0.25) is 4.79 Å². The molecule has 0 heterocycles. The Morgan fingerprint density at radius 2 is 1.96 bits per heavy atom. The van der Waals surface area contributed by atoms with Crippen molar-refractivity contribution in [3.8, 4) is 0 Å². The first-order valence-corrected chi connectivity index (χ1v) is 7.97. The van der Waals surface area contributed by atoms with Crippen LogP contribution in [0.3, 0.4) is 0 Å². The zero-order valence-corrected chi connectivity index (χ0v) is 14.4. The third kappa shape index (κ3) is 5.48. The third-order valence-electron chi connectivity index (χ3n) is 3.44. The molecule has 0 bridgehead atoms. The van der Waals surface area contributed by atoms with Crippen LogP contribution in [0.2, 0.25) is 5.02 Å². The van der Waals surface area contributed by atoms with Crippen molar-refractivity contribution in [1.29, 1.82) is 0 Å². The lowest BCUT2D eigenvalue weighted by atomic mass is 10.1. The molecule has 126 valence electrons. The van der Waals surface area contributed by atoms with Crippen LogP contribution in [0.25, 0.3) is 6.08 Å². The van der Waals surface area contributed by atoms with Crippen molar-refractivity contribution in [2.24, 2.45) is 0 Å². The van der Waals surface area contributed by atoms with Crippen LogP contribution >= 0.6 is 11.6 Å². The van der Waals surface area contributed by atoms with Crippen LogP contribution in [0.5, 0.6) is 0 Å². The molecule has 0 aromatic heterocycles. The van der Waals surface area contributed by atoms with Gasteiger partial charge in [-0.15, -0.1) is 0 Å². The fourth-order valence-electron chi connectivity index (χ4n) is 2.29. The molecule has 1 amide bonds. The summed E-state index contributed by atoms with van der Waals surface area (Å²) in [6, 6.07) is 14.0. The highest BCUT2D eigenvalue weighted by Gasteiger charge is 2.13. The van der Waals surface area contributed by atoms with Crippen molar-refractivity contribution in [2.45, 2.75) is 6.04 Å². The Balaban J connectivity index is 2.07. The van der Waals surface area contributed by atoms with E-state index in [-0.39, 0.29) is 17.0 Å². The van der Waals surface area contributed by atoms with Gasteiger partial charge in [-0.05, 0) is 43.4 Å². The molecule has 0 aliphatic carbocycles. The average Bonchev–Trinajstić information content (AvgIpc) is 2.56. The standard InChI is InChI=1S/C19H20ClFN2O/c1-23(2)13-18(15-6-4-3-5-7-15)22-19(24)11-9-14-8-10-17(21)16(20)12-14/h3-12,18H,13H2,1-2H3,(H,22,24)/b11-9+/t18-/m0/s1. The van der Waals surface area contributed by atoms with Crippen LogP contribution in [0.15, 0.2) is 54.6 Å². The fraction of sp³-hybridized carbons (Fsp3) is 0.211. The summed E-state index contributed by atoms with van der Waals surface area (Å²) in [7, 11) is 3.91. The molecule has 24 heavy (non-hydrogen) atoms. The number of hydrogen-bond acceptors (Lipinski definition) is 2. The van der Waals surface area contributed by atoms with Gasteiger partial charge in [-0.2, -0.15) is 0 Å². The number of nitrogens with zero attached hydrogens (tertiary/aromatic N) is 1. The number of carbonyl (C=O) groups excluding carboxylic acids is 1. The van der Waals surface area contributed by atoms with Crippen LogP contribution in [0.4, 0.5) is 4.39 Å². The number of carbonyl (C=O) groups is 1. The van der Waals surface area contributed by atoms with Gasteiger partial charge in [-0.25, -0.2) is 4.39 Å². The third-order valence-corrected chi connectivity index (χ3v) is 3.73.